The van der Waals surface area contributed by atoms with E-state index in [4.69, 9.17) is 5.73 Å². The van der Waals surface area contributed by atoms with E-state index in [9.17, 15) is 0 Å². The van der Waals surface area contributed by atoms with Crippen molar-refractivity contribution in [2.75, 3.05) is 6.54 Å². The Bertz CT molecular complexity index is 196. The minimum absolute atomic E-state index is 0.567. The number of nitrogens with two attached hydrogens (primary N) is 1. The SMILES string of the molecule is C[C@H](CN)Cc1ccncc1. The predicted molar refractivity (Wildman–Crippen MR) is 46.2 cm³/mol. The zero-order chi connectivity index (χ0) is 8.10. The van der Waals surface area contributed by atoms with Gasteiger partial charge in [0.05, 0.1) is 0 Å². The van der Waals surface area contributed by atoms with Crippen LogP contribution < -0.4 is 5.73 Å². The van der Waals surface area contributed by atoms with Crippen molar-refractivity contribution in [1.29, 1.82) is 0 Å². The van der Waals surface area contributed by atoms with Crippen molar-refractivity contribution < 1.29 is 0 Å². The van der Waals surface area contributed by atoms with Gasteiger partial charge in [-0.25, -0.2) is 0 Å². The van der Waals surface area contributed by atoms with Gasteiger partial charge in [-0.2, -0.15) is 0 Å². The van der Waals surface area contributed by atoms with Crippen LogP contribution in [0.15, 0.2) is 24.5 Å². The van der Waals surface area contributed by atoms with Gasteiger partial charge in [-0.05, 0) is 36.6 Å². The van der Waals surface area contributed by atoms with E-state index in [1.807, 2.05) is 24.5 Å². The lowest BCUT2D eigenvalue weighted by atomic mass is 10.0. The monoisotopic (exact) mass is 150 g/mol. The molecular weight excluding hydrogens is 136 g/mol. The molecule has 2 N–H and O–H groups in total. The number of hydrogen-bond donors (Lipinski definition) is 1. The average molecular weight is 150 g/mol. The Morgan fingerprint density at radius 3 is 2.64 bits per heavy atom. The fourth-order valence-corrected chi connectivity index (χ4v) is 1.00. The lowest BCUT2D eigenvalue weighted by Gasteiger charge is -2.06. The first-order valence-electron chi connectivity index (χ1n) is 3.92. The summed E-state index contributed by atoms with van der Waals surface area (Å²) in [6.07, 6.45) is 4.69. The highest BCUT2D eigenvalue weighted by Crippen LogP contribution is 2.04. The van der Waals surface area contributed by atoms with Crippen LogP contribution in [0.1, 0.15) is 12.5 Å². The van der Waals surface area contributed by atoms with Crippen LogP contribution in [-0.4, -0.2) is 11.5 Å². The average Bonchev–Trinajstić information content (AvgIpc) is 2.06. The normalized spacial score (nSPS) is 12.9. The molecule has 1 heterocycles. The van der Waals surface area contributed by atoms with Crippen LogP contribution in [0.3, 0.4) is 0 Å². The van der Waals surface area contributed by atoms with Crippen molar-refractivity contribution >= 4 is 0 Å². The first-order valence-corrected chi connectivity index (χ1v) is 3.92. The van der Waals surface area contributed by atoms with Crippen molar-refractivity contribution in [3.05, 3.63) is 30.1 Å². The molecule has 1 atom stereocenters. The molecule has 0 fully saturated rings. The fraction of sp³-hybridized carbons (Fsp3) is 0.444. The van der Waals surface area contributed by atoms with Crippen molar-refractivity contribution in [1.82, 2.24) is 4.98 Å². The molecule has 0 aliphatic rings. The number of hydrogen-bond acceptors (Lipinski definition) is 2. The van der Waals surface area contributed by atoms with Gasteiger partial charge in [0.25, 0.3) is 0 Å². The van der Waals surface area contributed by atoms with Gasteiger partial charge >= 0.3 is 0 Å². The minimum Gasteiger partial charge on any atom is -0.330 e. The highest BCUT2D eigenvalue weighted by Gasteiger charge is 1.99. The van der Waals surface area contributed by atoms with Gasteiger partial charge in [-0.1, -0.05) is 6.92 Å². The summed E-state index contributed by atoms with van der Waals surface area (Å²) >= 11 is 0. The molecule has 0 spiro atoms. The molecule has 0 saturated heterocycles. The molecule has 0 amide bonds. The van der Waals surface area contributed by atoms with Crippen molar-refractivity contribution in [3.63, 3.8) is 0 Å². The summed E-state index contributed by atoms with van der Waals surface area (Å²) in [6.45, 7) is 2.91. The predicted octanol–water partition coefficient (Wildman–Crippen LogP) is 1.22. The summed E-state index contributed by atoms with van der Waals surface area (Å²) in [5, 5.41) is 0. The van der Waals surface area contributed by atoms with Crippen LogP contribution in [0, 0.1) is 5.92 Å². The Morgan fingerprint density at radius 1 is 1.45 bits per heavy atom. The Balaban J connectivity index is 2.51. The van der Waals surface area contributed by atoms with Crippen molar-refractivity contribution in [3.8, 4) is 0 Å². The molecule has 2 nitrogen and oxygen atoms in total. The molecule has 1 rings (SSSR count). The van der Waals surface area contributed by atoms with Crippen molar-refractivity contribution in [2.24, 2.45) is 11.7 Å². The number of nitrogens with zero attached hydrogens (tertiary/aromatic N) is 1. The third kappa shape index (κ3) is 2.68. The summed E-state index contributed by atoms with van der Waals surface area (Å²) in [7, 11) is 0. The van der Waals surface area contributed by atoms with Gasteiger partial charge in [-0.3, -0.25) is 4.98 Å². The van der Waals surface area contributed by atoms with E-state index < -0.39 is 0 Å². The maximum atomic E-state index is 5.50. The minimum atomic E-state index is 0.567. The van der Waals surface area contributed by atoms with Crippen molar-refractivity contribution in [2.45, 2.75) is 13.3 Å². The van der Waals surface area contributed by atoms with Crippen LogP contribution in [-0.2, 0) is 6.42 Å². The Morgan fingerprint density at radius 2 is 2.09 bits per heavy atom. The molecule has 2 heteroatoms. The second kappa shape index (κ2) is 4.09. The quantitative estimate of drug-likeness (QED) is 0.703. The van der Waals surface area contributed by atoms with Crippen LogP contribution in [0.25, 0.3) is 0 Å². The Kier molecular flexibility index (Phi) is 3.05. The van der Waals surface area contributed by atoms with Crippen LogP contribution in [0.5, 0.6) is 0 Å². The van der Waals surface area contributed by atoms with E-state index in [0.29, 0.717) is 5.92 Å². The summed E-state index contributed by atoms with van der Waals surface area (Å²) in [4.78, 5) is 3.95. The van der Waals surface area contributed by atoms with E-state index in [-0.39, 0.29) is 0 Å². The first kappa shape index (κ1) is 8.21. The molecule has 0 radical (unpaired) electrons. The molecule has 60 valence electrons. The van der Waals surface area contributed by atoms with E-state index >= 15 is 0 Å². The zero-order valence-electron chi connectivity index (χ0n) is 6.83. The Hall–Kier alpha value is -0.890. The second-order valence-electron chi connectivity index (χ2n) is 2.90. The molecule has 0 aliphatic heterocycles. The first-order chi connectivity index (χ1) is 5.33. The lowest BCUT2D eigenvalue weighted by Crippen LogP contribution is -2.12. The summed E-state index contributed by atoms with van der Waals surface area (Å²) in [5.74, 6) is 0.567. The van der Waals surface area contributed by atoms with E-state index in [2.05, 4.69) is 11.9 Å². The molecule has 0 aliphatic carbocycles. The molecule has 0 saturated carbocycles. The standard InChI is InChI=1S/C9H14N2/c1-8(7-10)6-9-2-4-11-5-3-9/h2-5,8H,6-7,10H2,1H3/t8-/m0/s1. The van der Waals surface area contributed by atoms with Crippen LogP contribution >= 0.6 is 0 Å². The van der Waals surface area contributed by atoms with Gasteiger partial charge in [0, 0.05) is 12.4 Å². The highest BCUT2D eigenvalue weighted by molar-refractivity contribution is 5.10. The van der Waals surface area contributed by atoms with Gasteiger partial charge < -0.3 is 5.73 Å². The topological polar surface area (TPSA) is 38.9 Å². The third-order valence-electron chi connectivity index (χ3n) is 1.74. The summed E-state index contributed by atoms with van der Waals surface area (Å²) < 4.78 is 0. The maximum absolute atomic E-state index is 5.50. The van der Waals surface area contributed by atoms with Gasteiger partial charge in [-0.15, -0.1) is 0 Å². The van der Waals surface area contributed by atoms with Crippen LogP contribution in [0.2, 0.25) is 0 Å². The largest absolute Gasteiger partial charge is 0.330 e. The lowest BCUT2D eigenvalue weighted by molar-refractivity contribution is 0.592. The number of rotatable bonds is 3. The summed E-state index contributed by atoms with van der Waals surface area (Å²) in [6, 6.07) is 4.07. The number of pyridine rings is 1. The number of aromatic nitrogens is 1. The van der Waals surface area contributed by atoms with E-state index in [0.717, 1.165) is 13.0 Å². The zero-order valence-corrected chi connectivity index (χ0v) is 6.83. The third-order valence-corrected chi connectivity index (χ3v) is 1.74. The summed E-state index contributed by atoms with van der Waals surface area (Å²) in [5.41, 5.74) is 6.82. The fourth-order valence-electron chi connectivity index (χ4n) is 1.00. The molecule has 0 bridgehead atoms. The molecule has 0 aromatic carbocycles. The van der Waals surface area contributed by atoms with E-state index in [1.165, 1.54) is 5.56 Å². The molecular formula is C9H14N2. The molecule has 1 aromatic heterocycles. The Labute approximate surface area is 67.5 Å². The molecule has 1 aromatic rings. The van der Waals surface area contributed by atoms with Crippen LogP contribution in [0.4, 0.5) is 0 Å². The van der Waals surface area contributed by atoms with Gasteiger partial charge in [0.2, 0.25) is 0 Å². The maximum Gasteiger partial charge on any atom is 0.0270 e. The smallest absolute Gasteiger partial charge is 0.0270 e. The highest BCUT2D eigenvalue weighted by atomic mass is 14.6. The van der Waals surface area contributed by atoms with Gasteiger partial charge in [0.15, 0.2) is 0 Å². The molecule has 11 heavy (non-hydrogen) atoms. The molecule has 0 unspecified atom stereocenters. The second-order valence-corrected chi connectivity index (χ2v) is 2.90. The van der Waals surface area contributed by atoms with E-state index in [1.54, 1.807) is 0 Å². The van der Waals surface area contributed by atoms with Gasteiger partial charge in [0.1, 0.15) is 0 Å².